The van der Waals surface area contributed by atoms with Crippen LogP contribution in [0.4, 0.5) is 0 Å². The van der Waals surface area contributed by atoms with Gasteiger partial charge in [0.05, 0.1) is 15.9 Å². The summed E-state index contributed by atoms with van der Waals surface area (Å²) in [5.74, 6) is 0.676. The number of hydrogen-bond donors (Lipinski definition) is 1. The van der Waals surface area contributed by atoms with Crippen molar-refractivity contribution in [2.45, 2.75) is 42.9 Å². The first-order valence-corrected chi connectivity index (χ1v) is 11.5. The van der Waals surface area contributed by atoms with E-state index in [9.17, 15) is 13.2 Å². The van der Waals surface area contributed by atoms with Crippen molar-refractivity contribution in [3.8, 4) is 5.75 Å². The van der Waals surface area contributed by atoms with Crippen molar-refractivity contribution in [3.05, 3.63) is 53.9 Å². The summed E-state index contributed by atoms with van der Waals surface area (Å²) >= 11 is 0. The van der Waals surface area contributed by atoms with E-state index in [1.807, 2.05) is 0 Å². The predicted molar refractivity (Wildman–Crippen MR) is 113 cm³/mol. The summed E-state index contributed by atoms with van der Waals surface area (Å²) in [6.45, 7) is -0.265. The molecule has 1 N–H and O–H groups in total. The highest BCUT2D eigenvalue weighted by molar-refractivity contribution is 7.90. The molecule has 2 aliphatic rings. The molecule has 1 fully saturated rings. The minimum absolute atomic E-state index is 0.0152. The quantitative estimate of drug-likeness (QED) is 0.620. The number of carbonyl (C=O) groups is 2. The summed E-state index contributed by atoms with van der Waals surface area (Å²) in [6, 6.07) is 8.45. The zero-order chi connectivity index (χ0) is 22.0. The number of fused-ring (bicyclic) bond motifs is 2. The number of aromatic nitrogens is 2. The molecule has 1 aliphatic carbocycles. The van der Waals surface area contributed by atoms with Gasteiger partial charge in [-0.15, -0.1) is 0 Å². The highest BCUT2D eigenvalue weighted by atomic mass is 32.2. The van der Waals surface area contributed by atoms with Gasteiger partial charge in [0, 0.05) is 29.9 Å². The topological polar surface area (TPSA) is 116 Å². The second-order valence-corrected chi connectivity index (χ2v) is 9.36. The molecule has 2 aromatic heterocycles. The summed E-state index contributed by atoms with van der Waals surface area (Å²) in [7, 11) is -3.89. The summed E-state index contributed by atoms with van der Waals surface area (Å²) in [5.41, 5.74) is 2.75. The number of ether oxygens (including phenoxy) is 1. The fraction of sp³-hybridized carbons (Fsp3) is 0.318. The second kappa shape index (κ2) is 8.50. The van der Waals surface area contributed by atoms with Crippen molar-refractivity contribution in [2.75, 3.05) is 6.61 Å². The van der Waals surface area contributed by atoms with Gasteiger partial charge >= 0.3 is 0 Å². The summed E-state index contributed by atoms with van der Waals surface area (Å²) < 4.78 is 34.0. The Hall–Kier alpha value is -3.20. The van der Waals surface area contributed by atoms with Crippen LogP contribution in [-0.4, -0.2) is 41.3 Å². The van der Waals surface area contributed by atoms with Crippen molar-refractivity contribution < 1.29 is 27.9 Å². The lowest BCUT2D eigenvalue weighted by molar-refractivity contribution is -0.123. The van der Waals surface area contributed by atoms with Crippen molar-refractivity contribution in [3.63, 3.8) is 0 Å². The molecule has 1 aliphatic heterocycles. The zero-order valence-corrected chi connectivity index (χ0v) is 17.5. The van der Waals surface area contributed by atoms with E-state index >= 15 is 0 Å². The van der Waals surface area contributed by atoms with E-state index in [2.05, 4.69) is 4.98 Å². The van der Waals surface area contributed by atoms with Crippen LogP contribution in [0, 0.1) is 0 Å². The van der Waals surface area contributed by atoms with E-state index in [1.165, 1.54) is 3.97 Å². The Kier molecular flexibility index (Phi) is 5.77. The van der Waals surface area contributed by atoms with Gasteiger partial charge in [-0.2, -0.15) is 0 Å². The lowest BCUT2D eigenvalue weighted by atomic mass is 10.00. The number of pyridine rings is 1. The van der Waals surface area contributed by atoms with Gasteiger partial charge in [-0.1, -0.05) is 18.9 Å². The fourth-order valence-electron chi connectivity index (χ4n) is 4.40. The van der Waals surface area contributed by atoms with Crippen molar-refractivity contribution in [2.24, 2.45) is 0 Å². The molecule has 8 nitrogen and oxygen atoms in total. The highest BCUT2D eigenvalue weighted by Crippen LogP contribution is 2.39. The molecular weight excluding hydrogens is 420 g/mol. The molecular formula is C22H22N2O6S. The van der Waals surface area contributed by atoms with E-state index in [0.29, 0.717) is 22.7 Å². The van der Waals surface area contributed by atoms with Crippen LogP contribution in [0.3, 0.4) is 0 Å². The van der Waals surface area contributed by atoms with E-state index in [4.69, 9.17) is 14.6 Å². The second-order valence-electron chi connectivity index (χ2n) is 7.58. The first kappa shape index (κ1) is 21.0. The predicted octanol–water partition coefficient (Wildman–Crippen LogP) is 3.14. The van der Waals surface area contributed by atoms with Crippen molar-refractivity contribution >= 4 is 33.3 Å². The SMILES string of the molecule is O=C1COc2cccc(S(=O)(=O)n3cc(C4CCCC4)c4ncccc43)c2C1.O=CO. The summed E-state index contributed by atoms with van der Waals surface area (Å²) in [5, 5.41) is 6.89. The molecule has 0 saturated heterocycles. The lowest BCUT2D eigenvalue weighted by Crippen LogP contribution is -2.23. The van der Waals surface area contributed by atoms with E-state index < -0.39 is 10.0 Å². The minimum Gasteiger partial charge on any atom is -0.485 e. The van der Waals surface area contributed by atoms with Crippen LogP contribution in [0.25, 0.3) is 11.0 Å². The Morgan fingerprint density at radius 2 is 1.90 bits per heavy atom. The largest absolute Gasteiger partial charge is 0.485 e. The number of carbonyl (C=O) groups excluding carboxylic acids is 1. The smallest absolute Gasteiger partial charge is 0.290 e. The zero-order valence-electron chi connectivity index (χ0n) is 16.7. The molecule has 0 spiro atoms. The Morgan fingerprint density at radius 1 is 1.16 bits per heavy atom. The van der Waals surface area contributed by atoms with Gasteiger partial charge in [0.2, 0.25) is 0 Å². The van der Waals surface area contributed by atoms with Gasteiger partial charge < -0.3 is 9.84 Å². The minimum atomic E-state index is -3.89. The van der Waals surface area contributed by atoms with Gasteiger partial charge in [0.15, 0.2) is 5.78 Å². The van der Waals surface area contributed by atoms with Crippen LogP contribution in [0.15, 0.2) is 47.6 Å². The number of benzene rings is 1. The van der Waals surface area contributed by atoms with E-state index in [1.54, 1.807) is 42.7 Å². The van der Waals surface area contributed by atoms with Crippen LogP contribution >= 0.6 is 0 Å². The molecule has 5 rings (SSSR count). The van der Waals surface area contributed by atoms with Gasteiger partial charge in [-0.05, 0) is 43.0 Å². The Morgan fingerprint density at radius 3 is 2.65 bits per heavy atom. The van der Waals surface area contributed by atoms with Crippen molar-refractivity contribution in [1.29, 1.82) is 0 Å². The molecule has 0 unspecified atom stereocenters. The van der Waals surface area contributed by atoms with E-state index in [-0.39, 0.29) is 30.2 Å². The molecule has 1 saturated carbocycles. The van der Waals surface area contributed by atoms with Crippen LogP contribution in [0.2, 0.25) is 0 Å². The number of rotatable bonds is 3. The van der Waals surface area contributed by atoms with Crippen LogP contribution in [0.5, 0.6) is 5.75 Å². The van der Waals surface area contributed by atoms with Gasteiger partial charge in [-0.25, -0.2) is 12.4 Å². The molecule has 162 valence electrons. The number of ketones is 1. The van der Waals surface area contributed by atoms with E-state index in [0.717, 1.165) is 36.8 Å². The molecule has 0 radical (unpaired) electrons. The number of Topliss-reactive ketones (excluding diaryl/α,β-unsaturated/α-hetero) is 1. The monoisotopic (exact) mass is 442 g/mol. The average molecular weight is 442 g/mol. The molecule has 1 aromatic carbocycles. The lowest BCUT2D eigenvalue weighted by Gasteiger charge is -2.19. The van der Waals surface area contributed by atoms with Gasteiger partial charge in [0.1, 0.15) is 12.4 Å². The molecule has 3 heterocycles. The number of nitrogens with zero attached hydrogens (tertiary/aromatic N) is 2. The molecule has 31 heavy (non-hydrogen) atoms. The fourth-order valence-corrected chi connectivity index (χ4v) is 6.00. The third-order valence-electron chi connectivity index (χ3n) is 5.74. The van der Waals surface area contributed by atoms with Gasteiger partial charge in [-0.3, -0.25) is 14.6 Å². The summed E-state index contributed by atoms with van der Waals surface area (Å²) in [6.07, 6.45) is 7.92. The van der Waals surface area contributed by atoms with Crippen LogP contribution in [0.1, 0.15) is 42.7 Å². The molecule has 0 atom stereocenters. The maximum absolute atomic E-state index is 13.6. The third-order valence-corrected chi connectivity index (χ3v) is 7.50. The molecule has 0 bridgehead atoms. The first-order chi connectivity index (χ1) is 15.0. The first-order valence-electron chi connectivity index (χ1n) is 10.0. The molecule has 3 aromatic rings. The molecule has 0 amide bonds. The maximum atomic E-state index is 13.6. The highest BCUT2D eigenvalue weighted by Gasteiger charge is 2.31. The number of hydrogen-bond acceptors (Lipinski definition) is 6. The van der Waals surface area contributed by atoms with Crippen molar-refractivity contribution in [1.82, 2.24) is 8.96 Å². The normalized spacial score (nSPS) is 16.3. The van der Waals surface area contributed by atoms with Crippen LogP contribution in [-0.2, 0) is 26.0 Å². The Balaban J connectivity index is 0.000000730. The van der Waals surface area contributed by atoms with Crippen LogP contribution < -0.4 is 4.74 Å². The Labute approximate surface area is 179 Å². The average Bonchev–Trinajstić information content (AvgIpc) is 3.42. The standard InChI is InChI=1S/C21H20N2O4S.CH2O2/c24-15-11-16-19(27-13-15)8-3-9-20(16)28(25,26)23-12-17(14-5-1-2-6-14)21-18(23)7-4-10-22-21;2-1-3/h3-4,7-10,12,14H,1-2,5-6,11,13H2;1H,(H,2,3). The number of carboxylic acid groups (broad SMARTS) is 1. The Bertz CT molecular complexity index is 1240. The molecule has 9 heteroatoms. The summed E-state index contributed by atoms with van der Waals surface area (Å²) in [4.78, 5) is 24.9. The third kappa shape index (κ3) is 3.81. The van der Waals surface area contributed by atoms with Gasteiger partial charge in [0.25, 0.3) is 16.5 Å². The maximum Gasteiger partial charge on any atom is 0.290 e.